The fourth-order valence-electron chi connectivity index (χ4n) is 1.22. The minimum Gasteiger partial charge on any atom is -0.462 e. The van der Waals surface area contributed by atoms with Gasteiger partial charge in [0.15, 0.2) is 5.75 Å². The number of hydrogen-bond donors (Lipinski definition) is 0. The van der Waals surface area contributed by atoms with E-state index in [9.17, 15) is 18.0 Å². The highest BCUT2D eigenvalue weighted by Gasteiger charge is 2.35. The molecule has 1 heterocycles. The summed E-state index contributed by atoms with van der Waals surface area (Å²) in [6, 6.07) is 0. The van der Waals surface area contributed by atoms with Gasteiger partial charge in [-0.1, -0.05) is 0 Å². The van der Waals surface area contributed by atoms with Crippen LogP contribution in [0.2, 0.25) is 0 Å². The average Bonchev–Trinajstić information content (AvgIpc) is 2.22. The predicted molar refractivity (Wildman–Crippen MR) is 64.3 cm³/mol. The van der Waals surface area contributed by atoms with Crippen LogP contribution < -0.4 is 4.74 Å². The summed E-state index contributed by atoms with van der Waals surface area (Å²) in [5.41, 5.74) is -0.186. The molecule has 8 heteroatoms. The topological polar surface area (TPSA) is 48.4 Å². The molecule has 0 radical (unpaired) electrons. The molecule has 4 nitrogen and oxygen atoms in total. The summed E-state index contributed by atoms with van der Waals surface area (Å²) in [5, 5.41) is 0. The van der Waals surface area contributed by atoms with Gasteiger partial charge in [0.2, 0.25) is 0 Å². The van der Waals surface area contributed by atoms with E-state index < -0.39 is 18.1 Å². The predicted octanol–water partition coefficient (Wildman–Crippen LogP) is 3.07. The Kier molecular flexibility index (Phi) is 4.77. The Hall–Kier alpha value is -1.06. The van der Waals surface area contributed by atoms with E-state index in [0.29, 0.717) is 0 Å². The largest absolute Gasteiger partial charge is 0.573 e. The molecular weight excluding hydrogens is 366 g/mol. The number of rotatable bonds is 3. The quantitative estimate of drug-likeness (QED) is 0.602. The molecule has 0 unspecified atom stereocenters. The Morgan fingerprint density at radius 1 is 1.50 bits per heavy atom. The summed E-state index contributed by atoms with van der Waals surface area (Å²) in [6.45, 7) is 3.01. The zero-order valence-corrected chi connectivity index (χ0v) is 11.6. The van der Waals surface area contributed by atoms with Crippen molar-refractivity contribution in [3.8, 4) is 5.75 Å². The van der Waals surface area contributed by atoms with Gasteiger partial charge >= 0.3 is 12.3 Å². The molecule has 0 saturated heterocycles. The standard InChI is InChI=1S/C10H9F3INO3/c1-3-17-9(16)7-5(2)15-4-6(14)8(7)18-10(11,12)13/h4H,3H2,1-2H3. The molecule has 100 valence electrons. The van der Waals surface area contributed by atoms with Gasteiger partial charge in [-0.05, 0) is 36.4 Å². The third kappa shape index (κ3) is 3.72. The van der Waals surface area contributed by atoms with Crippen molar-refractivity contribution < 1.29 is 27.4 Å². The summed E-state index contributed by atoms with van der Waals surface area (Å²) >= 11 is 1.61. The molecule has 0 aliphatic rings. The number of pyridine rings is 1. The van der Waals surface area contributed by atoms with Crippen LogP contribution in [0.1, 0.15) is 23.0 Å². The number of aromatic nitrogens is 1. The zero-order valence-electron chi connectivity index (χ0n) is 9.47. The van der Waals surface area contributed by atoms with Gasteiger partial charge in [-0.3, -0.25) is 4.98 Å². The zero-order chi connectivity index (χ0) is 13.9. The van der Waals surface area contributed by atoms with Crippen LogP contribution in [0.4, 0.5) is 13.2 Å². The molecule has 0 fully saturated rings. The van der Waals surface area contributed by atoms with Crippen LogP contribution in [-0.2, 0) is 4.74 Å². The van der Waals surface area contributed by atoms with E-state index in [-0.39, 0.29) is 21.4 Å². The van der Waals surface area contributed by atoms with E-state index in [4.69, 9.17) is 0 Å². The molecule has 1 aromatic heterocycles. The van der Waals surface area contributed by atoms with E-state index in [1.807, 2.05) is 0 Å². The van der Waals surface area contributed by atoms with Crippen LogP contribution in [0.3, 0.4) is 0 Å². The molecule has 0 aliphatic carbocycles. The normalized spacial score (nSPS) is 11.2. The van der Waals surface area contributed by atoms with Gasteiger partial charge in [0, 0.05) is 6.20 Å². The summed E-state index contributed by atoms with van der Waals surface area (Å²) < 4.78 is 45.5. The second-order valence-electron chi connectivity index (χ2n) is 3.16. The number of halogens is 4. The van der Waals surface area contributed by atoms with Crippen molar-refractivity contribution >= 4 is 28.6 Å². The first-order valence-electron chi connectivity index (χ1n) is 4.84. The van der Waals surface area contributed by atoms with Crippen LogP contribution in [0.15, 0.2) is 6.20 Å². The monoisotopic (exact) mass is 375 g/mol. The van der Waals surface area contributed by atoms with Crippen LogP contribution >= 0.6 is 22.6 Å². The van der Waals surface area contributed by atoms with Crippen molar-refractivity contribution in [2.75, 3.05) is 6.61 Å². The summed E-state index contributed by atoms with van der Waals surface area (Å²) in [5.74, 6) is -1.46. The molecule has 18 heavy (non-hydrogen) atoms. The van der Waals surface area contributed by atoms with E-state index in [2.05, 4.69) is 14.5 Å². The molecule has 0 saturated carbocycles. The van der Waals surface area contributed by atoms with Crippen LogP contribution in [0.25, 0.3) is 0 Å². The maximum atomic E-state index is 12.3. The number of esters is 1. The van der Waals surface area contributed by atoms with Crippen LogP contribution in [0.5, 0.6) is 5.75 Å². The first-order valence-corrected chi connectivity index (χ1v) is 5.92. The van der Waals surface area contributed by atoms with Crippen molar-refractivity contribution in [3.05, 3.63) is 21.0 Å². The molecule has 0 amide bonds. The molecule has 0 bridgehead atoms. The Morgan fingerprint density at radius 2 is 2.11 bits per heavy atom. The fraction of sp³-hybridized carbons (Fsp3) is 0.400. The maximum Gasteiger partial charge on any atom is 0.573 e. The Labute approximate surface area is 115 Å². The van der Waals surface area contributed by atoms with E-state index in [1.54, 1.807) is 29.5 Å². The summed E-state index contributed by atoms with van der Waals surface area (Å²) in [6.07, 6.45) is -3.69. The van der Waals surface area contributed by atoms with E-state index in [1.165, 1.54) is 13.1 Å². The third-order valence-corrected chi connectivity index (χ3v) is 2.64. The van der Waals surface area contributed by atoms with Crippen molar-refractivity contribution in [3.63, 3.8) is 0 Å². The second-order valence-corrected chi connectivity index (χ2v) is 4.33. The smallest absolute Gasteiger partial charge is 0.462 e. The number of carbonyl (C=O) groups excluding carboxylic acids is 1. The third-order valence-electron chi connectivity index (χ3n) is 1.87. The molecule has 1 aromatic rings. The molecular formula is C10H9F3INO3. The molecule has 0 spiro atoms. The van der Waals surface area contributed by atoms with E-state index >= 15 is 0 Å². The number of nitrogens with zero attached hydrogens (tertiary/aromatic N) is 1. The highest BCUT2D eigenvalue weighted by molar-refractivity contribution is 14.1. The van der Waals surface area contributed by atoms with Gasteiger partial charge in [-0.2, -0.15) is 0 Å². The Bertz CT molecular complexity index is 462. The summed E-state index contributed by atoms with van der Waals surface area (Å²) in [7, 11) is 0. The maximum absolute atomic E-state index is 12.3. The Balaban J connectivity index is 3.29. The van der Waals surface area contributed by atoms with Gasteiger partial charge in [0.25, 0.3) is 0 Å². The number of ether oxygens (including phenoxy) is 2. The minimum absolute atomic E-state index is 0.0508. The minimum atomic E-state index is -4.88. The van der Waals surface area contributed by atoms with Crippen molar-refractivity contribution in [2.24, 2.45) is 0 Å². The Morgan fingerprint density at radius 3 is 2.61 bits per heavy atom. The number of alkyl halides is 3. The molecule has 0 aromatic carbocycles. The lowest BCUT2D eigenvalue weighted by molar-refractivity contribution is -0.275. The lowest BCUT2D eigenvalue weighted by atomic mass is 10.2. The SMILES string of the molecule is CCOC(=O)c1c(C)ncc(I)c1OC(F)(F)F. The highest BCUT2D eigenvalue weighted by Crippen LogP contribution is 2.32. The van der Waals surface area contributed by atoms with Crippen molar-refractivity contribution in [1.82, 2.24) is 4.98 Å². The molecule has 0 atom stereocenters. The lowest BCUT2D eigenvalue weighted by Crippen LogP contribution is -2.21. The number of aryl methyl sites for hydroxylation is 1. The molecule has 0 aliphatic heterocycles. The lowest BCUT2D eigenvalue weighted by Gasteiger charge is -2.15. The first kappa shape index (κ1) is 15.0. The second kappa shape index (κ2) is 5.72. The van der Waals surface area contributed by atoms with Gasteiger partial charge < -0.3 is 9.47 Å². The van der Waals surface area contributed by atoms with Gasteiger partial charge in [-0.15, -0.1) is 13.2 Å². The van der Waals surface area contributed by atoms with Gasteiger partial charge in [-0.25, -0.2) is 4.79 Å². The number of carbonyl (C=O) groups is 1. The molecule has 0 N–H and O–H groups in total. The van der Waals surface area contributed by atoms with Gasteiger partial charge in [0.1, 0.15) is 5.56 Å². The van der Waals surface area contributed by atoms with Gasteiger partial charge in [0.05, 0.1) is 15.9 Å². The fourth-order valence-corrected chi connectivity index (χ4v) is 1.74. The van der Waals surface area contributed by atoms with Crippen LogP contribution in [-0.4, -0.2) is 23.9 Å². The molecule has 1 rings (SSSR count). The van der Waals surface area contributed by atoms with Crippen molar-refractivity contribution in [1.29, 1.82) is 0 Å². The van der Waals surface area contributed by atoms with E-state index in [0.717, 1.165) is 0 Å². The van der Waals surface area contributed by atoms with Crippen molar-refractivity contribution in [2.45, 2.75) is 20.2 Å². The summed E-state index contributed by atoms with van der Waals surface area (Å²) in [4.78, 5) is 15.4. The van der Waals surface area contributed by atoms with Crippen LogP contribution in [0, 0.1) is 10.5 Å². The average molecular weight is 375 g/mol. The first-order chi connectivity index (χ1) is 8.26. The number of hydrogen-bond acceptors (Lipinski definition) is 4. The highest BCUT2D eigenvalue weighted by atomic mass is 127.